The van der Waals surface area contributed by atoms with E-state index >= 15 is 0 Å². The van der Waals surface area contributed by atoms with Gasteiger partial charge in [0, 0.05) is 16.7 Å². The number of amides is 2. The van der Waals surface area contributed by atoms with E-state index in [-0.39, 0.29) is 6.54 Å². The Bertz CT molecular complexity index is 443. The average molecular weight is 315 g/mol. The Labute approximate surface area is 114 Å². The van der Waals surface area contributed by atoms with Gasteiger partial charge < -0.3 is 15.7 Å². The molecule has 18 heavy (non-hydrogen) atoms. The van der Waals surface area contributed by atoms with Crippen molar-refractivity contribution in [3.05, 3.63) is 28.7 Å². The molecule has 0 aliphatic rings. The fourth-order valence-corrected chi connectivity index (χ4v) is 1.35. The zero-order chi connectivity index (χ0) is 13.8. The molecule has 6 heteroatoms. The van der Waals surface area contributed by atoms with E-state index in [4.69, 9.17) is 5.11 Å². The number of hydrogen-bond acceptors (Lipinski definition) is 2. The van der Waals surface area contributed by atoms with Crippen molar-refractivity contribution >= 4 is 33.6 Å². The van der Waals surface area contributed by atoms with E-state index in [9.17, 15) is 9.59 Å². The van der Waals surface area contributed by atoms with Gasteiger partial charge in [0.1, 0.15) is 0 Å². The summed E-state index contributed by atoms with van der Waals surface area (Å²) in [6.45, 7) is 3.16. The van der Waals surface area contributed by atoms with Crippen molar-refractivity contribution in [1.29, 1.82) is 0 Å². The first kappa shape index (κ1) is 14.5. The molecule has 0 saturated carbocycles. The molecule has 98 valence electrons. The molecule has 0 bridgehead atoms. The van der Waals surface area contributed by atoms with E-state index in [0.717, 1.165) is 4.47 Å². The van der Waals surface area contributed by atoms with E-state index < -0.39 is 17.4 Å². The first-order chi connectivity index (χ1) is 8.31. The normalized spacial score (nSPS) is 10.8. The highest BCUT2D eigenvalue weighted by Crippen LogP contribution is 2.15. The summed E-state index contributed by atoms with van der Waals surface area (Å²) in [6, 6.07) is 6.66. The van der Waals surface area contributed by atoms with Crippen LogP contribution in [0.3, 0.4) is 0 Å². The van der Waals surface area contributed by atoms with Crippen molar-refractivity contribution in [2.75, 3.05) is 11.9 Å². The summed E-state index contributed by atoms with van der Waals surface area (Å²) in [5.41, 5.74) is -0.347. The van der Waals surface area contributed by atoms with Gasteiger partial charge in [0.05, 0.1) is 5.41 Å². The summed E-state index contributed by atoms with van der Waals surface area (Å²) in [4.78, 5) is 22.4. The van der Waals surface area contributed by atoms with Gasteiger partial charge in [-0.05, 0) is 38.1 Å². The number of halogens is 1. The van der Waals surface area contributed by atoms with Crippen LogP contribution in [0.25, 0.3) is 0 Å². The number of carboxylic acid groups (broad SMARTS) is 1. The van der Waals surface area contributed by atoms with E-state index in [1.54, 1.807) is 38.1 Å². The van der Waals surface area contributed by atoms with Crippen molar-refractivity contribution in [2.45, 2.75) is 13.8 Å². The molecule has 0 saturated heterocycles. The second kappa shape index (κ2) is 5.86. The minimum absolute atomic E-state index is 0.0602. The van der Waals surface area contributed by atoms with Crippen LogP contribution in [0.5, 0.6) is 0 Å². The Morgan fingerprint density at radius 2 is 1.83 bits per heavy atom. The molecule has 0 fully saturated rings. The first-order valence-corrected chi connectivity index (χ1v) is 6.14. The lowest BCUT2D eigenvalue weighted by atomic mass is 9.94. The molecule has 0 unspecified atom stereocenters. The van der Waals surface area contributed by atoms with Crippen LogP contribution in [0.4, 0.5) is 10.5 Å². The Morgan fingerprint density at radius 3 is 2.33 bits per heavy atom. The van der Waals surface area contributed by atoms with Crippen molar-refractivity contribution in [2.24, 2.45) is 5.41 Å². The molecule has 0 atom stereocenters. The highest BCUT2D eigenvalue weighted by Gasteiger charge is 2.27. The van der Waals surface area contributed by atoms with Crippen molar-refractivity contribution in [3.63, 3.8) is 0 Å². The van der Waals surface area contributed by atoms with Gasteiger partial charge in [0.25, 0.3) is 0 Å². The van der Waals surface area contributed by atoms with Gasteiger partial charge in [-0.25, -0.2) is 4.79 Å². The molecule has 1 aromatic rings. The lowest BCUT2D eigenvalue weighted by Gasteiger charge is -2.19. The minimum atomic E-state index is -0.989. The maximum absolute atomic E-state index is 11.5. The van der Waals surface area contributed by atoms with Gasteiger partial charge in [-0.15, -0.1) is 0 Å². The largest absolute Gasteiger partial charge is 0.481 e. The zero-order valence-electron chi connectivity index (χ0n) is 10.2. The predicted octanol–water partition coefficient (Wildman–Crippen LogP) is 2.68. The molecule has 5 nitrogen and oxygen atoms in total. The standard InChI is InChI=1S/C12H15BrN2O3/c1-12(2,10(16)17)7-14-11(18)15-9-5-3-8(13)4-6-9/h3-6H,7H2,1-2H3,(H,16,17)(H2,14,15,18). The quantitative estimate of drug-likeness (QED) is 0.799. The number of rotatable bonds is 4. The highest BCUT2D eigenvalue weighted by molar-refractivity contribution is 9.10. The van der Waals surface area contributed by atoms with Crippen LogP contribution >= 0.6 is 15.9 Å². The summed E-state index contributed by atoms with van der Waals surface area (Å²) >= 11 is 3.29. The van der Waals surface area contributed by atoms with Gasteiger partial charge in [0.2, 0.25) is 0 Å². The molecule has 0 aliphatic carbocycles. The van der Waals surface area contributed by atoms with Crippen molar-refractivity contribution < 1.29 is 14.7 Å². The van der Waals surface area contributed by atoms with Crippen LogP contribution in [-0.4, -0.2) is 23.7 Å². The lowest BCUT2D eigenvalue weighted by Crippen LogP contribution is -2.40. The average Bonchev–Trinajstić information content (AvgIpc) is 2.29. The summed E-state index contributed by atoms with van der Waals surface area (Å²) in [5, 5.41) is 14.0. The molecule has 1 aromatic carbocycles. The van der Waals surface area contributed by atoms with Gasteiger partial charge in [0.15, 0.2) is 0 Å². The molecule has 0 aliphatic heterocycles. The van der Waals surface area contributed by atoms with Crippen LogP contribution in [0.15, 0.2) is 28.7 Å². The van der Waals surface area contributed by atoms with E-state index in [1.807, 2.05) is 0 Å². The van der Waals surface area contributed by atoms with Crippen LogP contribution in [0.2, 0.25) is 0 Å². The topological polar surface area (TPSA) is 78.4 Å². The fourth-order valence-electron chi connectivity index (χ4n) is 1.09. The number of urea groups is 1. The lowest BCUT2D eigenvalue weighted by molar-refractivity contribution is -0.146. The summed E-state index contributed by atoms with van der Waals surface area (Å²) in [7, 11) is 0. The second-order valence-electron chi connectivity index (χ2n) is 4.50. The molecular weight excluding hydrogens is 300 g/mol. The van der Waals surface area contributed by atoms with Crippen LogP contribution in [0, 0.1) is 5.41 Å². The van der Waals surface area contributed by atoms with Crippen molar-refractivity contribution in [1.82, 2.24) is 5.32 Å². The van der Waals surface area contributed by atoms with Crippen LogP contribution in [0.1, 0.15) is 13.8 Å². The Hall–Kier alpha value is -1.56. The molecule has 0 heterocycles. The summed E-state index contributed by atoms with van der Waals surface area (Å²) in [6.07, 6.45) is 0. The van der Waals surface area contributed by atoms with Gasteiger partial charge in [-0.2, -0.15) is 0 Å². The monoisotopic (exact) mass is 314 g/mol. The molecule has 2 amide bonds. The maximum Gasteiger partial charge on any atom is 0.319 e. The van der Waals surface area contributed by atoms with E-state index in [0.29, 0.717) is 5.69 Å². The first-order valence-electron chi connectivity index (χ1n) is 5.35. The number of nitrogens with one attached hydrogen (secondary N) is 2. The SMILES string of the molecule is CC(C)(CNC(=O)Nc1ccc(Br)cc1)C(=O)O. The third-order valence-electron chi connectivity index (χ3n) is 2.37. The number of anilines is 1. The third kappa shape index (κ3) is 4.37. The number of hydrogen-bond donors (Lipinski definition) is 3. The minimum Gasteiger partial charge on any atom is -0.481 e. The molecule has 1 rings (SSSR count). The predicted molar refractivity (Wildman–Crippen MR) is 72.6 cm³/mol. The van der Waals surface area contributed by atoms with Gasteiger partial charge in [-0.3, -0.25) is 4.79 Å². The number of benzene rings is 1. The number of carbonyl (C=O) groups is 2. The Balaban J connectivity index is 2.48. The third-order valence-corrected chi connectivity index (χ3v) is 2.90. The van der Waals surface area contributed by atoms with E-state index in [1.165, 1.54) is 0 Å². The molecular formula is C12H15BrN2O3. The Kier molecular flexibility index (Phi) is 4.72. The molecule has 0 aromatic heterocycles. The van der Waals surface area contributed by atoms with Crippen molar-refractivity contribution in [3.8, 4) is 0 Å². The fraction of sp³-hybridized carbons (Fsp3) is 0.333. The summed E-state index contributed by atoms with van der Waals surface area (Å²) < 4.78 is 0.917. The molecule has 3 N–H and O–H groups in total. The highest BCUT2D eigenvalue weighted by atomic mass is 79.9. The second-order valence-corrected chi connectivity index (χ2v) is 5.42. The number of aliphatic carboxylic acids is 1. The smallest absolute Gasteiger partial charge is 0.319 e. The zero-order valence-corrected chi connectivity index (χ0v) is 11.7. The molecule has 0 radical (unpaired) electrons. The number of carboxylic acids is 1. The van der Waals surface area contributed by atoms with E-state index in [2.05, 4.69) is 26.6 Å². The summed E-state index contributed by atoms with van der Waals surface area (Å²) in [5.74, 6) is -0.952. The maximum atomic E-state index is 11.5. The van der Waals surface area contributed by atoms with Crippen LogP contribution in [-0.2, 0) is 4.79 Å². The van der Waals surface area contributed by atoms with Gasteiger partial charge >= 0.3 is 12.0 Å². The van der Waals surface area contributed by atoms with Gasteiger partial charge in [-0.1, -0.05) is 15.9 Å². The number of carbonyl (C=O) groups excluding carboxylic acids is 1. The van der Waals surface area contributed by atoms with Crippen LogP contribution < -0.4 is 10.6 Å². The molecule has 0 spiro atoms. The Morgan fingerprint density at radius 1 is 1.28 bits per heavy atom.